The fourth-order valence-corrected chi connectivity index (χ4v) is 1.24. The van der Waals surface area contributed by atoms with Crippen molar-refractivity contribution in [2.45, 2.75) is 20.8 Å². The van der Waals surface area contributed by atoms with E-state index in [0.29, 0.717) is 0 Å². The Morgan fingerprint density at radius 1 is 0.667 bits per heavy atom. The van der Waals surface area contributed by atoms with Gasteiger partial charge in [-0.15, -0.1) is 0 Å². The van der Waals surface area contributed by atoms with Gasteiger partial charge in [0.15, 0.2) is 0 Å². The van der Waals surface area contributed by atoms with Gasteiger partial charge in [0.25, 0.3) is 6.47 Å². The van der Waals surface area contributed by atoms with Crippen LogP contribution in [0.25, 0.3) is 0 Å². The zero-order valence-electron chi connectivity index (χ0n) is 17.4. The molecule has 2 aromatic carbocycles. The lowest BCUT2D eigenvalue weighted by Gasteiger charge is -1.98. The lowest BCUT2D eigenvalue weighted by Crippen LogP contribution is -2.06. The largest absolute Gasteiger partial charge is 0.483 e. The number of benzene rings is 2. The van der Waals surface area contributed by atoms with E-state index in [0.717, 1.165) is 0 Å². The molecule has 0 aliphatic carbocycles. The van der Waals surface area contributed by atoms with Crippen LogP contribution in [0.2, 0.25) is 0 Å². The van der Waals surface area contributed by atoms with Crippen LogP contribution in [0.15, 0.2) is 60.7 Å². The third-order valence-corrected chi connectivity index (χ3v) is 2.05. The maximum absolute atomic E-state index is 10.5. The van der Waals surface area contributed by atoms with Gasteiger partial charge in [-0.05, 0) is 32.9 Å². The molecule has 9 nitrogen and oxygen atoms in total. The minimum atomic E-state index is -1.23. The minimum absolute atomic E-state index is 0.190. The number of hydrogen-bond acceptors (Lipinski definition) is 6. The van der Waals surface area contributed by atoms with Crippen molar-refractivity contribution in [3.05, 3.63) is 71.8 Å². The maximum Gasteiger partial charge on any atom is 0.336 e. The predicted octanol–water partition coefficient (Wildman–Crippen LogP) is 2.47. The van der Waals surface area contributed by atoms with E-state index in [1.165, 1.54) is 24.3 Å². The summed E-state index contributed by atoms with van der Waals surface area (Å²) in [7, 11) is 0. The second-order valence-corrected chi connectivity index (χ2v) is 4.36. The van der Waals surface area contributed by atoms with Crippen LogP contribution in [0.3, 0.4) is 0 Å². The summed E-state index contributed by atoms with van der Waals surface area (Å²) in [5, 5.41) is 46.7. The van der Waals surface area contributed by atoms with Crippen molar-refractivity contribution in [2.75, 3.05) is 19.8 Å². The second-order valence-electron chi connectivity index (χ2n) is 4.36. The standard InChI is InChI=1S/C8H6O4.C6H6.3C2H6O.CH2O2/c9-7(10)5-3-1-2-4-6(5)8(11)12;1-2-4-6-5-3-1;3*1-2-3;2-1-3/h1-4H,(H,9,10)(H,11,12);1-6H;3*3H,2H2,1H3;1H,(H,2,3). The Morgan fingerprint density at radius 2 is 0.833 bits per heavy atom. The molecule has 0 saturated heterocycles. The maximum atomic E-state index is 10.5. The molecule has 0 aliphatic rings. The van der Waals surface area contributed by atoms with Crippen molar-refractivity contribution in [3.63, 3.8) is 0 Å². The van der Waals surface area contributed by atoms with Crippen molar-refractivity contribution in [3.8, 4) is 0 Å². The Bertz CT molecular complexity index is 552. The van der Waals surface area contributed by atoms with Crippen LogP contribution >= 0.6 is 0 Å². The lowest BCUT2D eigenvalue weighted by molar-refractivity contribution is -0.122. The van der Waals surface area contributed by atoms with Gasteiger partial charge in [-0.25, -0.2) is 9.59 Å². The molecule has 0 aliphatic heterocycles. The summed E-state index contributed by atoms with van der Waals surface area (Å²) < 4.78 is 0. The number of rotatable bonds is 2. The van der Waals surface area contributed by atoms with Crippen molar-refractivity contribution < 1.29 is 45.0 Å². The van der Waals surface area contributed by atoms with Crippen molar-refractivity contribution >= 4 is 18.4 Å². The van der Waals surface area contributed by atoms with E-state index in [2.05, 4.69) is 0 Å². The monoisotopic (exact) mass is 428 g/mol. The fourth-order valence-electron chi connectivity index (χ4n) is 1.24. The van der Waals surface area contributed by atoms with Gasteiger partial charge in [0.1, 0.15) is 0 Å². The molecule has 0 saturated carbocycles. The smallest absolute Gasteiger partial charge is 0.336 e. The molecular formula is C21H32O9. The molecule has 0 aromatic heterocycles. The highest BCUT2D eigenvalue weighted by Gasteiger charge is 2.13. The predicted molar refractivity (Wildman–Crippen MR) is 114 cm³/mol. The molecule has 0 spiro atoms. The number of hydrogen-bond donors (Lipinski definition) is 6. The van der Waals surface area contributed by atoms with Crippen molar-refractivity contribution in [1.82, 2.24) is 0 Å². The molecule has 170 valence electrons. The lowest BCUT2D eigenvalue weighted by atomic mass is 10.1. The van der Waals surface area contributed by atoms with Crippen molar-refractivity contribution in [2.24, 2.45) is 0 Å². The zero-order chi connectivity index (χ0) is 24.2. The van der Waals surface area contributed by atoms with Crippen LogP contribution in [0.1, 0.15) is 41.5 Å². The van der Waals surface area contributed by atoms with Gasteiger partial charge in [0.2, 0.25) is 0 Å². The first kappa shape index (κ1) is 34.3. The Morgan fingerprint density at radius 3 is 0.967 bits per heavy atom. The molecule has 2 rings (SSSR count). The SMILES string of the molecule is CCO.CCO.CCO.O=C(O)c1ccccc1C(=O)O.O=CO.c1ccccc1. The number of carbonyl (C=O) groups is 3. The summed E-state index contributed by atoms with van der Waals surface area (Å²) in [5.41, 5.74) is -0.380. The molecule has 6 N–H and O–H groups in total. The van der Waals surface area contributed by atoms with Gasteiger partial charge in [-0.2, -0.15) is 0 Å². The third kappa shape index (κ3) is 29.5. The molecule has 9 heteroatoms. The van der Waals surface area contributed by atoms with E-state index < -0.39 is 11.9 Å². The Hall–Kier alpha value is -3.27. The molecule has 0 atom stereocenters. The molecule has 2 aromatic rings. The first-order valence-electron chi connectivity index (χ1n) is 8.75. The fraction of sp³-hybridized carbons (Fsp3) is 0.286. The van der Waals surface area contributed by atoms with Crippen LogP contribution in [-0.4, -0.2) is 68.9 Å². The van der Waals surface area contributed by atoms with Gasteiger partial charge in [-0.3, -0.25) is 4.79 Å². The first-order valence-corrected chi connectivity index (χ1v) is 8.75. The van der Waals surface area contributed by atoms with Gasteiger partial charge in [0, 0.05) is 19.8 Å². The van der Waals surface area contributed by atoms with E-state index in [4.69, 9.17) is 35.4 Å². The second kappa shape index (κ2) is 30.5. The topological polar surface area (TPSA) is 173 Å². The van der Waals surface area contributed by atoms with Crippen LogP contribution in [0.5, 0.6) is 0 Å². The number of aliphatic hydroxyl groups excluding tert-OH is 3. The molecule has 0 unspecified atom stereocenters. The van der Waals surface area contributed by atoms with E-state index >= 15 is 0 Å². The van der Waals surface area contributed by atoms with E-state index in [1.807, 2.05) is 36.4 Å². The highest BCUT2D eigenvalue weighted by atomic mass is 16.4. The average molecular weight is 428 g/mol. The minimum Gasteiger partial charge on any atom is -0.483 e. The zero-order valence-corrected chi connectivity index (χ0v) is 17.4. The van der Waals surface area contributed by atoms with Crippen LogP contribution < -0.4 is 0 Å². The Balaban J connectivity index is -0.000000158. The third-order valence-electron chi connectivity index (χ3n) is 2.05. The van der Waals surface area contributed by atoms with Gasteiger partial charge in [0.05, 0.1) is 11.1 Å². The quantitative estimate of drug-likeness (QED) is 0.393. The molecule has 0 fully saturated rings. The van der Waals surface area contributed by atoms with E-state index in [-0.39, 0.29) is 37.4 Å². The number of carboxylic acid groups (broad SMARTS) is 3. The summed E-state index contributed by atoms with van der Waals surface area (Å²) >= 11 is 0. The highest BCUT2D eigenvalue weighted by molar-refractivity contribution is 6.01. The summed E-state index contributed by atoms with van der Waals surface area (Å²) in [6, 6.07) is 17.5. The summed E-state index contributed by atoms with van der Waals surface area (Å²) in [5.74, 6) is -2.46. The first-order chi connectivity index (χ1) is 14.3. The van der Waals surface area contributed by atoms with Crippen molar-refractivity contribution in [1.29, 1.82) is 0 Å². The van der Waals surface area contributed by atoms with Gasteiger partial charge >= 0.3 is 11.9 Å². The molecule has 0 amide bonds. The van der Waals surface area contributed by atoms with Crippen LogP contribution in [-0.2, 0) is 4.79 Å². The summed E-state index contributed by atoms with van der Waals surface area (Å²) in [4.78, 5) is 29.3. The normalized spacial score (nSPS) is 7.53. The van der Waals surface area contributed by atoms with E-state index in [9.17, 15) is 9.59 Å². The molecule has 0 bridgehead atoms. The molecule has 0 heterocycles. The number of aromatic carboxylic acids is 2. The molecule has 0 radical (unpaired) electrons. The number of carboxylic acids is 2. The summed E-state index contributed by atoms with van der Waals surface area (Å²) in [6.07, 6.45) is 0. The Kier molecular flexibility index (Phi) is 34.8. The van der Waals surface area contributed by atoms with Crippen LogP contribution in [0, 0.1) is 0 Å². The summed E-state index contributed by atoms with van der Waals surface area (Å²) in [6.45, 7) is 5.54. The van der Waals surface area contributed by atoms with E-state index in [1.54, 1.807) is 20.8 Å². The highest BCUT2D eigenvalue weighted by Crippen LogP contribution is 2.07. The molecular weight excluding hydrogens is 396 g/mol. The average Bonchev–Trinajstić information content (AvgIpc) is 2.72. The van der Waals surface area contributed by atoms with Gasteiger partial charge < -0.3 is 30.6 Å². The molecule has 30 heavy (non-hydrogen) atoms. The Labute approximate surface area is 176 Å². The number of aliphatic hydroxyl groups is 3. The van der Waals surface area contributed by atoms with Gasteiger partial charge in [-0.1, -0.05) is 48.5 Å². The van der Waals surface area contributed by atoms with Crippen LogP contribution in [0.4, 0.5) is 0 Å².